The standard InChI is InChI=1S/C19H15N5O4S/c1-10-13(14-17(28-10)21-9-24(2)18(14)27)16(26)22-12-5-3-11(4-6-12)15(25)23-19-20-7-8-29-19/h3-9H,1-2H3,(H,22,26)(H,20,23,25). The van der Waals surface area contributed by atoms with Crippen molar-refractivity contribution in [1.82, 2.24) is 14.5 Å². The van der Waals surface area contributed by atoms with Crippen LogP contribution in [0.5, 0.6) is 0 Å². The van der Waals surface area contributed by atoms with Crippen LogP contribution in [0.1, 0.15) is 26.5 Å². The maximum atomic E-state index is 12.8. The number of aromatic nitrogens is 3. The Morgan fingerprint density at radius 2 is 1.86 bits per heavy atom. The third-order valence-corrected chi connectivity index (χ3v) is 4.92. The van der Waals surface area contributed by atoms with Crippen LogP contribution in [0, 0.1) is 6.92 Å². The van der Waals surface area contributed by atoms with Gasteiger partial charge in [-0.25, -0.2) is 9.97 Å². The molecule has 2 amide bonds. The van der Waals surface area contributed by atoms with Crippen LogP contribution >= 0.6 is 11.3 Å². The maximum Gasteiger partial charge on any atom is 0.265 e. The molecule has 0 bridgehead atoms. The van der Waals surface area contributed by atoms with Crippen molar-refractivity contribution in [3.63, 3.8) is 0 Å². The Morgan fingerprint density at radius 3 is 2.55 bits per heavy atom. The number of amides is 2. The number of aryl methyl sites for hydroxylation is 2. The molecule has 0 atom stereocenters. The van der Waals surface area contributed by atoms with E-state index in [0.29, 0.717) is 22.1 Å². The van der Waals surface area contributed by atoms with Crippen LogP contribution in [-0.2, 0) is 7.05 Å². The number of hydrogen-bond donors (Lipinski definition) is 2. The fourth-order valence-electron chi connectivity index (χ4n) is 2.81. The molecular formula is C19H15N5O4S. The lowest BCUT2D eigenvalue weighted by atomic mass is 10.1. The van der Waals surface area contributed by atoms with Gasteiger partial charge in [0.2, 0.25) is 5.71 Å². The molecule has 0 radical (unpaired) electrons. The second-order valence-electron chi connectivity index (χ2n) is 6.20. The first-order valence-electron chi connectivity index (χ1n) is 8.51. The number of hydrogen-bond acceptors (Lipinski definition) is 7. The highest BCUT2D eigenvalue weighted by Gasteiger charge is 2.22. The van der Waals surface area contributed by atoms with E-state index < -0.39 is 5.91 Å². The minimum Gasteiger partial charge on any atom is -0.442 e. The van der Waals surface area contributed by atoms with Gasteiger partial charge in [0.05, 0.1) is 5.56 Å². The number of carbonyl (C=O) groups is 2. The third-order valence-electron chi connectivity index (χ3n) is 4.23. The normalized spacial score (nSPS) is 10.8. The molecule has 0 saturated heterocycles. The van der Waals surface area contributed by atoms with Crippen molar-refractivity contribution >= 4 is 45.1 Å². The number of benzene rings is 1. The van der Waals surface area contributed by atoms with Gasteiger partial charge >= 0.3 is 0 Å². The summed E-state index contributed by atoms with van der Waals surface area (Å²) in [5.74, 6) is -0.497. The lowest BCUT2D eigenvalue weighted by Gasteiger charge is -2.06. The first kappa shape index (κ1) is 18.6. The van der Waals surface area contributed by atoms with Gasteiger partial charge < -0.3 is 14.3 Å². The quantitative estimate of drug-likeness (QED) is 0.535. The molecule has 9 nitrogen and oxygen atoms in total. The van der Waals surface area contributed by atoms with Gasteiger partial charge in [-0.2, -0.15) is 0 Å². The molecule has 0 aliphatic carbocycles. The Hall–Kier alpha value is -3.79. The van der Waals surface area contributed by atoms with Crippen LogP contribution in [0.15, 0.2) is 51.4 Å². The fraction of sp³-hybridized carbons (Fsp3) is 0.105. The zero-order valence-corrected chi connectivity index (χ0v) is 16.2. The zero-order chi connectivity index (χ0) is 20.5. The number of thiazole rings is 1. The molecule has 1 aromatic carbocycles. The number of nitrogens with zero attached hydrogens (tertiary/aromatic N) is 3. The Morgan fingerprint density at radius 1 is 1.10 bits per heavy atom. The van der Waals surface area contributed by atoms with Crippen LogP contribution in [0.3, 0.4) is 0 Å². The predicted octanol–water partition coefficient (Wildman–Crippen LogP) is 2.80. The second-order valence-corrected chi connectivity index (χ2v) is 7.09. The summed E-state index contributed by atoms with van der Waals surface area (Å²) in [6.45, 7) is 1.60. The van der Waals surface area contributed by atoms with Crippen molar-refractivity contribution in [2.75, 3.05) is 10.6 Å². The van der Waals surface area contributed by atoms with Crippen LogP contribution in [0.25, 0.3) is 11.1 Å². The van der Waals surface area contributed by atoms with Crippen molar-refractivity contribution in [2.24, 2.45) is 7.05 Å². The Labute approximate surface area is 168 Å². The molecule has 0 unspecified atom stereocenters. The topological polar surface area (TPSA) is 119 Å². The van der Waals surface area contributed by atoms with E-state index in [4.69, 9.17) is 4.42 Å². The molecular weight excluding hydrogens is 394 g/mol. The smallest absolute Gasteiger partial charge is 0.265 e. The third kappa shape index (κ3) is 3.52. The molecule has 0 aliphatic rings. The molecule has 0 aliphatic heterocycles. The summed E-state index contributed by atoms with van der Waals surface area (Å²) in [6.07, 6.45) is 2.94. The van der Waals surface area contributed by atoms with E-state index in [1.165, 1.54) is 22.2 Å². The van der Waals surface area contributed by atoms with Gasteiger partial charge in [-0.15, -0.1) is 11.3 Å². The summed E-state index contributed by atoms with van der Waals surface area (Å²) < 4.78 is 6.73. The van der Waals surface area contributed by atoms with Crippen molar-refractivity contribution in [2.45, 2.75) is 6.92 Å². The van der Waals surface area contributed by atoms with E-state index in [-0.39, 0.29) is 28.1 Å². The molecule has 0 spiro atoms. The lowest BCUT2D eigenvalue weighted by molar-refractivity contribution is 0.101. The highest BCUT2D eigenvalue weighted by molar-refractivity contribution is 7.13. The lowest BCUT2D eigenvalue weighted by Crippen LogP contribution is -2.20. The van der Waals surface area contributed by atoms with Gasteiger partial charge in [0, 0.05) is 29.9 Å². The number of rotatable bonds is 4. The minimum atomic E-state index is -0.494. The summed E-state index contributed by atoms with van der Waals surface area (Å²) in [4.78, 5) is 45.4. The molecule has 10 heteroatoms. The Bertz CT molecular complexity index is 1270. The maximum absolute atomic E-state index is 12.8. The molecule has 3 aromatic heterocycles. The average Bonchev–Trinajstić information content (AvgIpc) is 3.32. The van der Waals surface area contributed by atoms with Gasteiger partial charge in [0.25, 0.3) is 17.4 Å². The van der Waals surface area contributed by atoms with Crippen molar-refractivity contribution in [3.8, 4) is 0 Å². The molecule has 29 heavy (non-hydrogen) atoms. The van der Waals surface area contributed by atoms with Crippen LogP contribution in [-0.4, -0.2) is 26.3 Å². The van der Waals surface area contributed by atoms with E-state index in [0.717, 1.165) is 0 Å². The highest BCUT2D eigenvalue weighted by Crippen LogP contribution is 2.22. The highest BCUT2D eigenvalue weighted by atomic mass is 32.1. The number of fused-ring (bicyclic) bond motifs is 1. The Kier molecular flexibility index (Phi) is 4.69. The molecule has 2 N–H and O–H groups in total. The van der Waals surface area contributed by atoms with Gasteiger partial charge in [-0.3, -0.25) is 19.7 Å². The van der Waals surface area contributed by atoms with Crippen molar-refractivity contribution < 1.29 is 14.0 Å². The molecule has 4 rings (SSSR count). The van der Waals surface area contributed by atoms with E-state index in [2.05, 4.69) is 20.6 Å². The summed E-state index contributed by atoms with van der Waals surface area (Å²) >= 11 is 1.32. The van der Waals surface area contributed by atoms with Gasteiger partial charge in [0.1, 0.15) is 17.5 Å². The van der Waals surface area contributed by atoms with Crippen LogP contribution in [0.4, 0.5) is 10.8 Å². The summed E-state index contributed by atoms with van der Waals surface area (Å²) in [6, 6.07) is 6.37. The minimum absolute atomic E-state index is 0.116. The molecule has 0 fully saturated rings. The zero-order valence-electron chi connectivity index (χ0n) is 15.4. The first-order chi connectivity index (χ1) is 13.9. The Balaban J connectivity index is 1.56. The predicted molar refractivity (Wildman–Crippen MR) is 108 cm³/mol. The SMILES string of the molecule is Cc1oc2ncn(C)c(=O)c2c1C(=O)Nc1ccc(C(=O)Nc2nccs2)cc1. The van der Waals surface area contributed by atoms with E-state index in [1.807, 2.05) is 0 Å². The second kappa shape index (κ2) is 7.32. The number of anilines is 2. The van der Waals surface area contributed by atoms with E-state index in [1.54, 1.807) is 49.8 Å². The number of nitrogens with one attached hydrogen (secondary N) is 2. The number of carbonyl (C=O) groups excluding carboxylic acids is 2. The monoisotopic (exact) mass is 409 g/mol. The first-order valence-corrected chi connectivity index (χ1v) is 9.39. The number of furan rings is 1. The van der Waals surface area contributed by atoms with Crippen molar-refractivity contribution in [3.05, 3.63) is 69.4 Å². The summed E-state index contributed by atoms with van der Waals surface area (Å²) in [5, 5.41) is 7.80. The average molecular weight is 409 g/mol. The van der Waals surface area contributed by atoms with Crippen LogP contribution in [0.2, 0.25) is 0 Å². The fourth-order valence-corrected chi connectivity index (χ4v) is 3.34. The van der Waals surface area contributed by atoms with Gasteiger partial charge in [0.15, 0.2) is 5.13 Å². The van der Waals surface area contributed by atoms with E-state index in [9.17, 15) is 14.4 Å². The largest absolute Gasteiger partial charge is 0.442 e. The van der Waals surface area contributed by atoms with E-state index >= 15 is 0 Å². The molecule has 146 valence electrons. The van der Waals surface area contributed by atoms with Crippen molar-refractivity contribution in [1.29, 1.82) is 0 Å². The van der Waals surface area contributed by atoms with Gasteiger partial charge in [-0.05, 0) is 31.2 Å². The summed E-state index contributed by atoms with van der Waals surface area (Å²) in [7, 11) is 1.55. The van der Waals surface area contributed by atoms with Crippen LogP contribution < -0.4 is 16.2 Å². The van der Waals surface area contributed by atoms with Gasteiger partial charge in [-0.1, -0.05) is 0 Å². The molecule has 0 saturated carbocycles. The molecule has 4 aromatic rings. The molecule has 3 heterocycles. The summed E-state index contributed by atoms with van der Waals surface area (Å²) in [5.41, 5.74) is 0.770.